The standard InChI is InChI=1S/13CH4.5H2/h13*1H4;5*1H/i;;;;;;;;;;;;;5*1+2. The minimum Gasteiger partial charge on any atom is -0.0776 e. The van der Waals surface area contributed by atoms with E-state index in [1.807, 2.05) is 0 Å². The van der Waals surface area contributed by atoms with Crippen molar-refractivity contribution >= 4 is 0 Å². The van der Waals surface area contributed by atoms with Crippen molar-refractivity contribution in [2.24, 2.45) is 0 Å². The summed E-state index contributed by atoms with van der Waals surface area (Å²) in [6, 6.07) is 0. The summed E-state index contributed by atoms with van der Waals surface area (Å²) in [5.74, 6) is 0. The van der Waals surface area contributed by atoms with Crippen LogP contribution < -0.4 is 0 Å². The van der Waals surface area contributed by atoms with E-state index in [0.717, 1.165) is 0 Å². The predicted octanol–water partition coefficient (Wildman–Crippen LogP) is 9.50. The van der Waals surface area contributed by atoms with Crippen molar-refractivity contribution in [2.45, 2.75) is 96.5 Å². The van der Waals surface area contributed by atoms with Gasteiger partial charge in [-0.25, -0.2) is 0 Å². The van der Waals surface area contributed by atoms with Gasteiger partial charge in [-0.05, 0) is 0 Å². The van der Waals surface area contributed by atoms with Crippen LogP contribution in [0.5, 0.6) is 0 Å². The lowest BCUT2D eigenvalue weighted by Crippen LogP contribution is 0.143. The van der Waals surface area contributed by atoms with Crippen LogP contribution in [0.2, 0.25) is 0 Å². The van der Waals surface area contributed by atoms with Crippen molar-refractivity contribution < 1.29 is 7.13 Å². The minimum absolute atomic E-state index is 0. The first-order valence-corrected chi connectivity index (χ1v) is 0. The van der Waals surface area contributed by atoms with E-state index in [2.05, 4.69) is 0 Å². The molecule has 0 radical (unpaired) electrons. The fraction of sp³-hybridized carbons (Fsp3) is 1.00. The molecule has 0 saturated heterocycles. The minimum atomic E-state index is 0. The molecule has 114 valence electrons. The molecule has 0 heteroatoms. The van der Waals surface area contributed by atoms with Gasteiger partial charge in [0.25, 0.3) is 0 Å². The largest absolute Gasteiger partial charge is 0.0776 e. The van der Waals surface area contributed by atoms with Crippen molar-refractivity contribution in [3.63, 3.8) is 0 Å². The zero-order chi connectivity index (χ0) is 0. The summed E-state index contributed by atoms with van der Waals surface area (Å²) < 4.78 is 0. The van der Waals surface area contributed by atoms with Gasteiger partial charge in [0.15, 0.2) is 0 Å². The lowest BCUT2D eigenvalue weighted by Gasteiger charge is -0.0786. The zero-order valence-electron chi connectivity index (χ0n) is 0. The van der Waals surface area contributed by atoms with E-state index in [1.165, 1.54) is 0 Å². The normalized spacial score (nSPS) is 0. The summed E-state index contributed by atoms with van der Waals surface area (Å²) in [6.45, 7) is 0. The Morgan fingerprint density at radius 1 is 0.154 bits per heavy atom. The molecular weight excluding hydrogens is 156 g/mol. The van der Waals surface area contributed by atoms with Gasteiger partial charge in [-0.2, -0.15) is 0 Å². The van der Waals surface area contributed by atoms with Crippen LogP contribution in [0.3, 0.4) is 0 Å². The Morgan fingerprint density at radius 2 is 0.154 bits per heavy atom. The van der Waals surface area contributed by atoms with Gasteiger partial charge in [0.1, 0.15) is 0 Å². The van der Waals surface area contributed by atoms with Gasteiger partial charge in [0.2, 0.25) is 0 Å². The molecule has 0 aliphatic carbocycles. The quantitative estimate of drug-likeness (QED) is 0.387. The van der Waals surface area contributed by atoms with Crippen molar-refractivity contribution in [3.8, 4) is 0 Å². The molecule has 0 saturated carbocycles. The highest BCUT2D eigenvalue weighted by Gasteiger charge is -0.0656. The second kappa shape index (κ2) is 0. The molecule has 0 aromatic carbocycles. The van der Waals surface area contributed by atoms with E-state index >= 15 is 0 Å². The second-order valence-electron chi connectivity index (χ2n) is 0. The van der Waals surface area contributed by atoms with Gasteiger partial charge in [-0.1, -0.05) is 96.5 Å². The van der Waals surface area contributed by atoms with Crippen LogP contribution in [0.25, 0.3) is 0 Å². The molecule has 0 atom stereocenters. The summed E-state index contributed by atoms with van der Waals surface area (Å²) in [5, 5.41) is 0. The topological polar surface area (TPSA) is 0 Å². The van der Waals surface area contributed by atoms with Gasteiger partial charge >= 0.3 is 0 Å². The van der Waals surface area contributed by atoms with Gasteiger partial charge in [0, 0.05) is 7.13 Å². The van der Waals surface area contributed by atoms with Gasteiger partial charge in [0.05, 0.1) is 0 Å². The van der Waals surface area contributed by atoms with Crippen molar-refractivity contribution in [2.75, 3.05) is 0 Å². The van der Waals surface area contributed by atoms with E-state index in [-0.39, 0.29) is 104 Å². The highest BCUT2D eigenvalue weighted by atomic mass is 12.0. The van der Waals surface area contributed by atoms with Crippen LogP contribution in [-0.4, -0.2) is 0 Å². The molecule has 0 fully saturated rings. The van der Waals surface area contributed by atoms with E-state index in [0.29, 0.717) is 0 Å². The van der Waals surface area contributed by atoms with Crippen molar-refractivity contribution in [3.05, 3.63) is 0 Å². The lowest BCUT2D eigenvalue weighted by molar-refractivity contribution is 2.50. The van der Waals surface area contributed by atoms with Gasteiger partial charge < -0.3 is 0 Å². The summed E-state index contributed by atoms with van der Waals surface area (Å²) >= 11 is 0. The molecule has 13 heavy (non-hydrogen) atoms. The fourth-order valence-electron chi connectivity index (χ4n) is 0. The molecule has 0 bridgehead atoms. The van der Waals surface area contributed by atoms with E-state index in [1.54, 1.807) is 0 Å². The molecule has 0 rings (SSSR count). The SMILES string of the molecule is C.C.C.C.C.C.C.C.C.C.C.C.C.[3HH].[3HH].[3HH].[3HH].[3HH]. The molecule has 0 N–H and O–H groups in total. The summed E-state index contributed by atoms with van der Waals surface area (Å²) in [6.07, 6.45) is 0. The van der Waals surface area contributed by atoms with Crippen LogP contribution in [0.4, 0.5) is 0 Å². The molecule has 0 aromatic heterocycles. The molecule has 0 heterocycles. The van der Waals surface area contributed by atoms with Crippen LogP contribution >= 0.6 is 0 Å². The first kappa shape index (κ1) is 0. The number of rotatable bonds is 0. The van der Waals surface area contributed by atoms with Crippen molar-refractivity contribution in [1.82, 2.24) is 0 Å². The van der Waals surface area contributed by atoms with E-state index in [4.69, 9.17) is 0 Å². The maximum absolute atomic E-state index is 0. The summed E-state index contributed by atoms with van der Waals surface area (Å²) in [4.78, 5) is 0. The molecular formula is C13H62. The van der Waals surface area contributed by atoms with Gasteiger partial charge in [-0.3, -0.25) is 0 Å². The van der Waals surface area contributed by atoms with Crippen LogP contribution in [0.15, 0.2) is 0 Å². The molecule has 0 nitrogen and oxygen atoms in total. The third-order valence-electron chi connectivity index (χ3n) is 0. The fourth-order valence-corrected chi connectivity index (χ4v) is 0. The maximum atomic E-state index is 0. The smallest absolute Gasteiger partial charge is 0 e. The average Bonchev–Trinajstić information content (AvgIpc) is 0. The highest BCUT2D eigenvalue weighted by molar-refractivity contribution is 2.51. The molecule has 0 unspecified atom stereocenters. The maximum Gasteiger partial charge on any atom is 0 e. The third-order valence-corrected chi connectivity index (χ3v) is 0. The molecule has 0 spiro atoms. The zero-order valence-corrected chi connectivity index (χ0v) is 0. The Balaban J connectivity index is 0. The Labute approximate surface area is 105 Å². The third kappa shape index (κ3) is 0. The number of hydrogen-bond donors (Lipinski definition) is 0. The van der Waals surface area contributed by atoms with Crippen molar-refractivity contribution in [1.29, 1.82) is 0 Å². The summed E-state index contributed by atoms with van der Waals surface area (Å²) in [7, 11) is 0. The Hall–Kier alpha value is 0. The molecule has 0 aliphatic rings. The highest BCUT2D eigenvalue weighted by Crippen LogP contribution is 0.156. The molecule has 0 aliphatic heterocycles. The first-order valence-electron chi connectivity index (χ1n) is 0. The summed E-state index contributed by atoms with van der Waals surface area (Å²) in [5.41, 5.74) is 0. The van der Waals surface area contributed by atoms with Crippen LogP contribution in [0, 0.1) is 0 Å². The second-order valence-corrected chi connectivity index (χ2v) is 0. The predicted molar refractivity (Wildman–Crippen MR) is 98.1 cm³/mol. The van der Waals surface area contributed by atoms with Crippen LogP contribution in [0.1, 0.15) is 104 Å². The average molecular weight is 229 g/mol. The monoisotopic (exact) mass is 229 g/mol. The molecule has 0 amide bonds. The Bertz CT molecular complexity index is 15.3. The van der Waals surface area contributed by atoms with E-state index < -0.39 is 0 Å². The van der Waals surface area contributed by atoms with Crippen LogP contribution in [-0.2, 0) is 0 Å². The Morgan fingerprint density at radius 3 is 0.154 bits per heavy atom. The first-order chi connectivity index (χ1) is 0. The number of hydrogen-bond acceptors (Lipinski definition) is 0. The molecule has 0 aromatic rings. The lowest BCUT2D eigenvalue weighted by atomic mass is 12.0. The Kier molecular flexibility index (Phi) is 0. The van der Waals surface area contributed by atoms with Gasteiger partial charge in [-0.15, -0.1) is 0 Å². The van der Waals surface area contributed by atoms with E-state index in [9.17, 15) is 0 Å².